The molecule has 2 aromatic carbocycles. The highest BCUT2D eigenvalue weighted by Crippen LogP contribution is 2.43. The van der Waals surface area contributed by atoms with Crippen LogP contribution in [0.15, 0.2) is 46.4 Å². The molecular weight excluding hydrogens is 494 g/mol. The molecule has 1 aliphatic rings. The molecule has 40 heavy (non-hydrogen) atoms. The molecule has 0 aliphatic carbocycles. The van der Waals surface area contributed by atoms with Gasteiger partial charge in [0.05, 0.1) is 0 Å². The van der Waals surface area contributed by atoms with E-state index in [0.717, 1.165) is 24.1 Å². The molecular formula is C35H53N3O2. The van der Waals surface area contributed by atoms with E-state index in [1.807, 2.05) is 18.2 Å². The number of hydrogen-bond donors (Lipinski definition) is 1. The summed E-state index contributed by atoms with van der Waals surface area (Å²) in [6.07, 6.45) is 2.52. The molecule has 1 atom stereocenters. The fourth-order valence-electron chi connectivity index (χ4n) is 6.62. The number of hydrogen-bond acceptors (Lipinski definition) is 5. The van der Waals surface area contributed by atoms with Gasteiger partial charge in [0.15, 0.2) is 0 Å². The number of ether oxygens (including phenoxy) is 2. The van der Waals surface area contributed by atoms with Gasteiger partial charge >= 0.3 is 0 Å². The van der Waals surface area contributed by atoms with E-state index in [2.05, 4.69) is 114 Å². The van der Waals surface area contributed by atoms with Crippen molar-refractivity contribution in [1.29, 1.82) is 0 Å². The Morgan fingerprint density at radius 2 is 1.12 bits per heavy atom. The second-order valence-electron chi connectivity index (χ2n) is 16.4. The van der Waals surface area contributed by atoms with Crippen LogP contribution in [0, 0.1) is 10.8 Å². The van der Waals surface area contributed by atoms with E-state index < -0.39 is 16.7 Å². The van der Waals surface area contributed by atoms with Crippen molar-refractivity contribution in [3.05, 3.63) is 47.5 Å². The van der Waals surface area contributed by atoms with E-state index in [-0.39, 0.29) is 16.2 Å². The molecule has 1 aliphatic heterocycles. The Hall–Kier alpha value is -2.62. The largest absolute Gasteiger partial charge is 0.485 e. The maximum atomic E-state index is 6.84. The summed E-state index contributed by atoms with van der Waals surface area (Å²) in [6.45, 7) is 28.5. The molecule has 0 bridgehead atoms. The summed E-state index contributed by atoms with van der Waals surface area (Å²) in [5.74, 6) is 1.40. The molecule has 0 saturated carbocycles. The summed E-state index contributed by atoms with van der Waals surface area (Å²) in [5, 5.41) is 0. The molecule has 5 heteroatoms. The Balaban J connectivity index is 2.18. The first-order valence-corrected chi connectivity index (χ1v) is 14.6. The van der Waals surface area contributed by atoms with Gasteiger partial charge in [0, 0.05) is 12.0 Å². The number of rotatable bonds is 4. The van der Waals surface area contributed by atoms with Gasteiger partial charge in [-0.2, -0.15) is 9.98 Å². The van der Waals surface area contributed by atoms with Crippen LogP contribution in [0.3, 0.4) is 0 Å². The molecule has 0 spiro atoms. The molecule has 0 amide bonds. The van der Waals surface area contributed by atoms with Crippen molar-refractivity contribution in [2.75, 3.05) is 0 Å². The lowest BCUT2D eigenvalue weighted by molar-refractivity contribution is 0.00558. The molecule has 0 saturated heterocycles. The molecule has 220 valence electrons. The lowest BCUT2D eigenvalue weighted by Gasteiger charge is -2.37. The second-order valence-corrected chi connectivity index (χ2v) is 16.4. The lowest BCUT2D eigenvalue weighted by Crippen LogP contribution is -2.41. The molecule has 5 nitrogen and oxygen atoms in total. The van der Waals surface area contributed by atoms with E-state index in [1.54, 1.807) is 0 Å². The maximum absolute atomic E-state index is 6.84. The first-order chi connectivity index (χ1) is 18.0. The fraction of sp³-hybridized carbons (Fsp3) is 0.629. The van der Waals surface area contributed by atoms with Gasteiger partial charge < -0.3 is 15.2 Å². The first kappa shape index (κ1) is 31.9. The predicted molar refractivity (Wildman–Crippen MR) is 169 cm³/mol. The number of fused-ring (bicyclic) bond motifs is 2. The van der Waals surface area contributed by atoms with Crippen LogP contribution in [-0.2, 0) is 11.0 Å². The van der Waals surface area contributed by atoms with Gasteiger partial charge in [0.2, 0.25) is 0 Å². The van der Waals surface area contributed by atoms with Crippen molar-refractivity contribution in [3.63, 3.8) is 0 Å². The van der Waals surface area contributed by atoms with Gasteiger partial charge in [-0.3, -0.25) is 0 Å². The van der Waals surface area contributed by atoms with Gasteiger partial charge in [-0.05, 0) is 99.1 Å². The normalized spacial score (nSPS) is 18.8. The highest BCUT2D eigenvalue weighted by atomic mass is 16.5. The second kappa shape index (κ2) is 10.7. The summed E-state index contributed by atoms with van der Waals surface area (Å²) < 4.78 is 13.1. The highest BCUT2D eigenvalue weighted by molar-refractivity contribution is 5.66. The van der Waals surface area contributed by atoms with Gasteiger partial charge in [0.25, 0.3) is 0 Å². The van der Waals surface area contributed by atoms with Gasteiger partial charge in [-0.25, -0.2) is 0 Å². The quantitative estimate of drug-likeness (QED) is 0.414. The minimum atomic E-state index is -0.519. The average molecular weight is 548 g/mol. The van der Waals surface area contributed by atoms with Crippen LogP contribution in [0.2, 0.25) is 0 Å². The third-order valence-electron chi connectivity index (χ3n) is 7.19. The lowest BCUT2D eigenvalue weighted by atomic mass is 9.72. The number of nitrogens with two attached hydrogens (primary N) is 1. The Morgan fingerprint density at radius 1 is 0.700 bits per heavy atom. The summed E-state index contributed by atoms with van der Waals surface area (Å²) >= 11 is 0. The Morgan fingerprint density at radius 3 is 1.57 bits per heavy atom. The minimum Gasteiger partial charge on any atom is -0.485 e. The SMILES string of the molecule is CC(C)(C)CC(C)(C)c1ccc2c(c1)N=C=Nc1cc(C(C)(N)CC(C)(C)C)ccc1OC(C)(C)CC(C)(C)O2. The number of nitrogens with zero attached hydrogens (tertiary/aromatic N) is 2. The molecule has 2 aromatic rings. The average Bonchev–Trinajstić information content (AvgIpc) is 2.70. The van der Waals surface area contributed by atoms with Crippen molar-refractivity contribution in [3.8, 4) is 11.5 Å². The van der Waals surface area contributed by atoms with Crippen LogP contribution in [-0.4, -0.2) is 17.2 Å². The summed E-state index contributed by atoms with van der Waals surface area (Å²) in [4.78, 5) is 9.41. The van der Waals surface area contributed by atoms with Crippen LogP contribution in [0.1, 0.15) is 120 Å². The van der Waals surface area contributed by atoms with Gasteiger partial charge in [-0.15, -0.1) is 0 Å². The van der Waals surface area contributed by atoms with Gasteiger partial charge in [0.1, 0.15) is 40.1 Å². The van der Waals surface area contributed by atoms with Crippen LogP contribution in [0.5, 0.6) is 11.5 Å². The topological polar surface area (TPSA) is 69.2 Å². The molecule has 1 unspecified atom stereocenters. The van der Waals surface area contributed by atoms with Crippen molar-refractivity contribution < 1.29 is 9.47 Å². The van der Waals surface area contributed by atoms with E-state index in [4.69, 9.17) is 25.2 Å². The number of benzene rings is 2. The smallest absolute Gasteiger partial charge is 0.146 e. The van der Waals surface area contributed by atoms with E-state index in [1.165, 1.54) is 5.56 Å². The molecule has 0 radical (unpaired) electrons. The Labute approximate surface area is 243 Å². The van der Waals surface area contributed by atoms with Crippen LogP contribution in [0.4, 0.5) is 11.4 Å². The third kappa shape index (κ3) is 8.69. The highest BCUT2D eigenvalue weighted by Gasteiger charge is 2.35. The molecule has 3 rings (SSSR count). The standard InChI is InChI=1S/C35H53N3O2/c1-30(2,3)20-32(7,8)24-14-16-28-26(18-24)37-23-38-27-19-25(35(13,36)21-31(4,5)6)15-17-29(27)40-34(11,12)22-33(9,10)39-28/h14-19H,20-22,36H2,1-13H3. The van der Waals surface area contributed by atoms with Crippen LogP contribution >= 0.6 is 0 Å². The van der Waals surface area contributed by atoms with Crippen molar-refractivity contribution in [2.24, 2.45) is 26.5 Å². The zero-order valence-electron chi connectivity index (χ0n) is 27.4. The first-order valence-electron chi connectivity index (χ1n) is 14.6. The Bertz CT molecular complexity index is 1190. The third-order valence-corrected chi connectivity index (χ3v) is 7.19. The number of aliphatic imine (C=N–C) groups is 2. The maximum Gasteiger partial charge on any atom is 0.146 e. The van der Waals surface area contributed by atoms with Crippen molar-refractivity contribution in [2.45, 2.75) is 131 Å². The van der Waals surface area contributed by atoms with Crippen LogP contribution < -0.4 is 15.2 Å². The van der Waals surface area contributed by atoms with E-state index >= 15 is 0 Å². The molecule has 0 fully saturated rings. The zero-order valence-corrected chi connectivity index (χ0v) is 27.4. The molecule has 2 N–H and O–H groups in total. The van der Waals surface area contributed by atoms with E-state index in [9.17, 15) is 0 Å². The monoisotopic (exact) mass is 547 g/mol. The predicted octanol–water partition coefficient (Wildman–Crippen LogP) is 9.87. The summed E-state index contributed by atoms with van der Waals surface area (Å²) in [7, 11) is 0. The molecule has 0 aromatic heterocycles. The fourth-order valence-corrected chi connectivity index (χ4v) is 6.62. The van der Waals surface area contributed by atoms with Crippen LogP contribution in [0.25, 0.3) is 0 Å². The zero-order chi connectivity index (χ0) is 30.4. The molecule has 1 heterocycles. The van der Waals surface area contributed by atoms with Crippen molar-refractivity contribution in [1.82, 2.24) is 0 Å². The Kier molecular flexibility index (Phi) is 8.50. The van der Waals surface area contributed by atoms with E-state index in [0.29, 0.717) is 23.6 Å². The van der Waals surface area contributed by atoms with Gasteiger partial charge in [-0.1, -0.05) is 67.5 Å². The van der Waals surface area contributed by atoms with Crippen molar-refractivity contribution >= 4 is 17.4 Å². The summed E-state index contributed by atoms with van der Waals surface area (Å²) in [5.41, 5.74) is 9.16. The minimum absolute atomic E-state index is 0.0326. The summed E-state index contributed by atoms with van der Waals surface area (Å²) in [6, 6.07) is 15.4.